The van der Waals surface area contributed by atoms with Crippen LogP contribution in [0.2, 0.25) is 0 Å². The van der Waals surface area contributed by atoms with E-state index in [0.29, 0.717) is 36.0 Å². The van der Waals surface area contributed by atoms with Crippen molar-refractivity contribution in [2.24, 2.45) is 7.05 Å². The minimum atomic E-state index is -0.265. The summed E-state index contributed by atoms with van der Waals surface area (Å²) in [5.74, 6) is 1.10. The fourth-order valence-electron chi connectivity index (χ4n) is 3.05. The normalized spacial score (nSPS) is 14.1. The van der Waals surface area contributed by atoms with Crippen molar-refractivity contribution in [2.45, 2.75) is 0 Å². The molecule has 1 fully saturated rings. The molecule has 0 bridgehead atoms. The first-order valence-electron chi connectivity index (χ1n) is 8.56. The van der Waals surface area contributed by atoms with Gasteiger partial charge in [0, 0.05) is 32.5 Å². The van der Waals surface area contributed by atoms with Gasteiger partial charge in [0.2, 0.25) is 5.91 Å². The highest BCUT2D eigenvalue weighted by molar-refractivity contribution is 6.06. The average molecular weight is 365 g/mol. The first-order valence-corrected chi connectivity index (χ1v) is 8.56. The standard InChI is InChI=1S/C18H19N7O2/c1-23-18(24-7-2-3-8-24)14(11-21-23)17(27)22-13-4-5-15(20-10-13)25-9-6-19-16(26)12-25/h2-5,7-8,10-11H,6,9,12H2,1H3,(H,19,26)(H,22,27). The summed E-state index contributed by atoms with van der Waals surface area (Å²) in [5, 5.41) is 9.82. The molecule has 0 unspecified atom stereocenters. The Bertz CT molecular complexity index is 960. The first-order chi connectivity index (χ1) is 13.1. The highest BCUT2D eigenvalue weighted by Crippen LogP contribution is 2.18. The molecule has 27 heavy (non-hydrogen) atoms. The summed E-state index contributed by atoms with van der Waals surface area (Å²) in [5.41, 5.74) is 1.04. The molecule has 4 heterocycles. The molecule has 0 saturated carbocycles. The quantitative estimate of drug-likeness (QED) is 0.713. The number of pyridine rings is 1. The lowest BCUT2D eigenvalue weighted by Crippen LogP contribution is -2.48. The Hall–Kier alpha value is -3.62. The number of piperazine rings is 1. The third kappa shape index (κ3) is 3.39. The summed E-state index contributed by atoms with van der Waals surface area (Å²) < 4.78 is 3.49. The van der Waals surface area contributed by atoms with E-state index in [9.17, 15) is 9.59 Å². The molecule has 0 aliphatic carbocycles. The van der Waals surface area contributed by atoms with Crippen molar-refractivity contribution < 1.29 is 9.59 Å². The fourth-order valence-corrected chi connectivity index (χ4v) is 3.05. The molecule has 9 heteroatoms. The predicted molar refractivity (Wildman–Crippen MR) is 99.9 cm³/mol. The van der Waals surface area contributed by atoms with E-state index in [4.69, 9.17) is 0 Å². The molecule has 0 spiro atoms. The molecule has 3 aromatic rings. The third-order valence-electron chi connectivity index (χ3n) is 4.37. The Labute approximate surface area is 155 Å². The van der Waals surface area contributed by atoms with E-state index < -0.39 is 0 Å². The van der Waals surface area contributed by atoms with Gasteiger partial charge < -0.3 is 20.1 Å². The maximum absolute atomic E-state index is 12.7. The van der Waals surface area contributed by atoms with Crippen LogP contribution in [-0.4, -0.2) is 50.8 Å². The zero-order valence-electron chi connectivity index (χ0n) is 14.8. The maximum atomic E-state index is 12.7. The van der Waals surface area contributed by atoms with Crippen LogP contribution in [0.1, 0.15) is 10.4 Å². The van der Waals surface area contributed by atoms with Crippen LogP contribution in [0.15, 0.2) is 49.1 Å². The molecule has 3 aromatic heterocycles. The first kappa shape index (κ1) is 16.8. The molecule has 2 amide bonds. The number of aryl methyl sites for hydroxylation is 1. The van der Waals surface area contributed by atoms with Gasteiger partial charge in [0.15, 0.2) is 0 Å². The van der Waals surface area contributed by atoms with Crippen molar-refractivity contribution >= 4 is 23.3 Å². The second-order valence-corrected chi connectivity index (χ2v) is 6.23. The van der Waals surface area contributed by atoms with E-state index in [1.807, 2.05) is 34.0 Å². The number of carbonyl (C=O) groups is 2. The van der Waals surface area contributed by atoms with Crippen molar-refractivity contribution in [1.29, 1.82) is 0 Å². The maximum Gasteiger partial charge on any atom is 0.261 e. The van der Waals surface area contributed by atoms with Gasteiger partial charge in [-0.05, 0) is 24.3 Å². The second-order valence-electron chi connectivity index (χ2n) is 6.23. The molecule has 0 aromatic carbocycles. The molecule has 138 valence electrons. The van der Waals surface area contributed by atoms with E-state index in [2.05, 4.69) is 20.7 Å². The van der Waals surface area contributed by atoms with Crippen LogP contribution in [0, 0.1) is 0 Å². The summed E-state index contributed by atoms with van der Waals surface area (Å²) in [6.07, 6.45) is 6.85. The zero-order chi connectivity index (χ0) is 18.8. The SMILES string of the molecule is Cn1ncc(C(=O)Nc2ccc(N3CCNC(=O)C3)nc2)c1-n1cccc1. The number of amides is 2. The summed E-state index contributed by atoms with van der Waals surface area (Å²) in [6, 6.07) is 7.35. The van der Waals surface area contributed by atoms with Crippen LogP contribution >= 0.6 is 0 Å². The molecular weight excluding hydrogens is 346 g/mol. The molecule has 1 aliphatic rings. The highest BCUT2D eigenvalue weighted by Gasteiger charge is 2.19. The Morgan fingerprint density at radius 3 is 2.74 bits per heavy atom. The Balaban J connectivity index is 1.50. The van der Waals surface area contributed by atoms with Crippen molar-refractivity contribution in [3.8, 4) is 5.82 Å². The lowest BCUT2D eigenvalue weighted by atomic mass is 10.2. The molecule has 1 aliphatic heterocycles. The monoisotopic (exact) mass is 365 g/mol. The number of aromatic nitrogens is 4. The minimum absolute atomic E-state index is 0.0189. The number of hydrogen-bond donors (Lipinski definition) is 2. The van der Waals surface area contributed by atoms with Gasteiger partial charge in [0.1, 0.15) is 17.2 Å². The molecule has 9 nitrogen and oxygen atoms in total. The van der Waals surface area contributed by atoms with E-state index in [0.717, 1.165) is 0 Å². The van der Waals surface area contributed by atoms with Gasteiger partial charge in [-0.15, -0.1) is 0 Å². The van der Waals surface area contributed by atoms with Crippen molar-refractivity contribution in [3.63, 3.8) is 0 Å². The minimum Gasteiger partial charge on any atom is -0.353 e. The summed E-state index contributed by atoms with van der Waals surface area (Å²) in [7, 11) is 1.79. The smallest absolute Gasteiger partial charge is 0.261 e. The molecule has 2 N–H and O–H groups in total. The van der Waals surface area contributed by atoms with Crippen LogP contribution in [-0.2, 0) is 11.8 Å². The van der Waals surface area contributed by atoms with E-state index in [-0.39, 0.29) is 18.4 Å². The lowest BCUT2D eigenvalue weighted by Gasteiger charge is -2.27. The van der Waals surface area contributed by atoms with Crippen LogP contribution in [0.5, 0.6) is 0 Å². The number of nitrogens with one attached hydrogen (secondary N) is 2. The van der Waals surface area contributed by atoms with E-state index >= 15 is 0 Å². The lowest BCUT2D eigenvalue weighted by molar-refractivity contribution is -0.120. The predicted octanol–water partition coefficient (Wildman–Crippen LogP) is 0.794. The molecular formula is C18H19N7O2. The fraction of sp³-hybridized carbons (Fsp3) is 0.222. The van der Waals surface area contributed by atoms with Gasteiger partial charge in [0.05, 0.1) is 24.6 Å². The Morgan fingerprint density at radius 1 is 1.22 bits per heavy atom. The van der Waals surface area contributed by atoms with Crippen LogP contribution in [0.4, 0.5) is 11.5 Å². The molecule has 4 rings (SSSR count). The number of rotatable bonds is 4. The number of anilines is 2. The molecule has 1 saturated heterocycles. The second kappa shape index (κ2) is 6.94. The number of hydrogen-bond acceptors (Lipinski definition) is 5. The third-order valence-corrected chi connectivity index (χ3v) is 4.37. The van der Waals surface area contributed by atoms with Gasteiger partial charge in [-0.3, -0.25) is 14.3 Å². The molecule has 0 atom stereocenters. The summed E-state index contributed by atoms with van der Waals surface area (Å²) in [6.45, 7) is 1.59. The number of nitrogens with zero attached hydrogens (tertiary/aromatic N) is 5. The average Bonchev–Trinajstić information content (AvgIpc) is 3.31. The van der Waals surface area contributed by atoms with Gasteiger partial charge >= 0.3 is 0 Å². The van der Waals surface area contributed by atoms with Crippen molar-refractivity contribution in [1.82, 2.24) is 24.6 Å². The Kier molecular flexibility index (Phi) is 4.33. The highest BCUT2D eigenvalue weighted by atomic mass is 16.2. The van der Waals surface area contributed by atoms with Crippen LogP contribution in [0.25, 0.3) is 5.82 Å². The van der Waals surface area contributed by atoms with Crippen LogP contribution < -0.4 is 15.5 Å². The zero-order valence-corrected chi connectivity index (χ0v) is 14.8. The van der Waals surface area contributed by atoms with E-state index in [1.54, 1.807) is 36.3 Å². The largest absolute Gasteiger partial charge is 0.353 e. The van der Waals surface area contributed by atoms with Gasteiger partial charge in [-0.25, -0.2) is 4.98 Å². The van der Waals surface area contributed by atoms with Gasteiger partial charge in [-0.1, -0.05) is 0 Å². The number of carbonyl (C=O) groups excluding carboxylic acids is 2. The van der Waals surface area contributed by atoms with Crippen molar-refractivity contribution in [2.75, 3.05) is 29.9 Å². The summed E-state index contributed by atoms with van der Waals surface area (Å²) in [4.78, 5) is 30.5. The van der Waals surface area contributed by atoms with Crippen LogP contribution in [0.3, 0.4) is 0 Å². The van der Waals surface area contributed by atoms with E-state index in [1.165, 1.54) is 0 Å². The van der Waals surface area contributed by atoms with Crippen molar-refractivity contribution in [3.05, 3.63) is 54.6 Å². The Morgan fingerprint density at radius 2 is 2.04 bits per heavy atom. The topological polar surface area (TPSA) is 97.1 Å². The van der Waals surface area contributed by atoms with Gasteiger partial charge in [-0.2, -0.15) is 5.10 Å². The summed E-state index contributed by atoms with van der Waals surface area (Å²) >= 11 is 0. The van der Waals surface area contributed by atoms with Gasteiger partial charge in [0.25, 0.3) is 5.91 Å². The molecule has 0 radical (unpaired) electrons.